The topological polar surface area (TPSA) is 24.5 Å². The third-order valence-electron chi connectivity index (χ3n) is 3.94. The highest BCUT2D eigenvalue weighted by Gasteiger charge is 2.33. The molecule has 0 aromatic heterocycles. The van der Waals surface area contributed by atoms with Crippen molar-refractivity contribution >= 4 is 0 Å². The molecule has 1 saturated heterocycles. The van der Waals surface area contributed by atoms with E-state index in [0.29, 0.717) is 12.1 Å². The highest BCUT2D eigenvalue weighted by Crippen LogP contribution is 2.33. The molecule has 94 valence electrons. The van der Waals surface area contributed by atoms with Gasteiger partial charge in [0.1, 0.15) is 0 Å². The molecule has 1 aliphatic heterocycles. The van der Waals surface area contributed by atoms with Crippen molar-refractivity contribution in [1.29, 1.82) is 0 Å². The standard InChI is InChI=1S/C13H26N2O/c1-3-15-8-4-5-12(9-15)14-13(10-16-2)11-6-7-11/h11-14H,3-10H2,1-2H3. The SMILES string of the molecule is CCN1CCCC(NC(COC)C2CC2)C1. The quantitative estimate of drug-likeness (QED) is 0.742. The molecule has 0 spiro atoms. The number of rotatable bonds is 6. The zero-order chi connectivity index (χ0) is 11.4. The Hall–Kier alpha value is -0.120. The second-order valence-electron chi connectivity index (χ2n) is 5.30. The molecule has 1 N–H and O–H groups in total. The van der Waals surface area contributed by atoms with Gasteiger partial charge in [-0.3, -0.25) is 0 Å². The maximum absolute atomic E-state index is 5.32. The molecule has 16 heavy (non-hydrogen) atoms. The van der Waals surface area contributed by atoms with Crippen LogP contribution in [0.4, 0.5) is 0 Å². The Bertz CT molecular complexity index is 206. The average Bonchev–Trinajstić information content (AvgIpc) is 3.13. The number of likely N-dealkylation sites (tertiary alicyclic amines) is 1. The van der Waals surface area contributed by atoms with Gasteiger partial charge < -0.3 is 15.0 Å². The number of ether oxygens (including phenoxy) is 1. The van der Waals surface area contributed by atoms with Crippen LogP contribution in [0.5, 0.6) is 0 Å². The fraction of sp³-hybridized carbons (Fsp3) is 1.00. The van der Waals surface area contributed by atoms with E-state index >= 15 is 0 Å². The number of methoxy groups -OCH3 is 1. The van der Waals surface area contributed by atoms with Gasteiger partial charge in [0.25, 0.3) is 0 Å². The first-order valence-corrected chi connectivity index (χ1v) is 6.80. The van der Waals surface area contributed by atoms with Gasteiger partial charge in [-0.05, 0) is 44.7 Å². The Balaban J connectivity index is 1.77. The summed E-state index contributed by atoms with van der Waals surface area (Å²) in [5.41, 5.74) is 0. The Morgan fingerprint density at radius 1 is 1.38 bits per heavy atom. The molecule has 1 saturated carbocycles. The van der Waals surface area contributed by atoms with Crippen molar-refractivity contribution in [3.8, 4) is 0 Å². The molecular weight excluding hydrogens is 200 g/mol. The molecule has 1 aliphatic carbocycles. The fourth-order valence-corrected chi connectivity index (χ4v) is 2.78. The van der Waals surface area contributed by atoms with Crippen LogP contribution >= 0.6 is 0 Å². The molecule has 2 rings (SSSR count). The number of hydrogen-bond donors (Lipinski definition) is 1. The summed E-state index contributed by atoms with van der Waals surface area (Å²) in [6, 6.07) is 1.29. The van der Waals surface area contributed by atoms with E-state index < -0.39 is 0 Å². The maximum Gasteiger partial charge on any atom is 0.0618 e. The normalized spacial score (nSPS) is 29.2. The zero-order valence-electron chi connectivity index (χ0n) is 10.7. The molecule has 2 aliphatic rings. The van der Waals surface area contributed by atoms with Gasteiger partial charge in [-0.15, -0.1) is 0 Å². The summed E-state index contributed by atoms with van der Waals surface area (Å²) >= 11 is 0. The predicted octanol–water partition coefficient (Wildman–Crippen LogP) is 1.49. The van der Waals surface area contributed by atoms with Gasteiger partial charge in [-0.2, -0.15) is 0 Å². The molecule has 2 atom stereocenters. The Morgan fingerprint density at radius 3 is 2.81 bits per heavy atom. The monoisotopic (exact) mass is 226 g/mol. The highest BCUT2D eigenvalue weighted by atomic mass is 16.5. The highest BCUT2D eigenvalue weighted by molar-refractivity contribution is 4.90. The third-order valence-corrected chi connectivity index (χ3v) is 3.94. The maximum atomic E-state index is 5.32. The smallest absolute Gasteiger partial charge is 0.0618 e. The van der Waals surface area contributed by atoms with E-state index in [2.05, 4.69) is 17.1 Å². The van der Waals surface area contributed by atoms with Crippen LogP contribution in [0.1, 0.15) is 32.6 Å². The molecule has 3 nitrogen and oxygen atoms in total. The second-order valence-corrected chi connectivity index (χ2v) is 5.30. The van der Waals surface area contributed by atoms with Crippen molar-refractivity contribution in [3.63, 3.8) is 0 Å². The lowest BCUT2D eigenvalue weighted by Crippen LogP contribution is -2.50. The predicted molar refractivity (Wildman–Crippen MR) is 66.7 cm³/mol. The van der Waals surface area contributed by atoms with E-state index in [9.17, 15) is 0 Å². The van der Waals surface area contributed by atoms with Crippen molar-refractivity contribution in [3.05, 3.63) is 0 Å². The van der Waals surface area contributed by atoms with E-state index in [0.717, 1.165) is 12.5 Å². The molecule has 2 unspecified atom stereocenters. The van der Waals surface area contributed by atoms with Gasteiger partial charge in [0.15, 0.2) is 0 Å². The van der Waals surface area contributed by atoms with Gasteiger partial charge in [-0.1, -0.05) is 6.92 Å². The van der Waals surface area contributed by atoms with E-state index in [1.54, 1.807) is 0 Å². The summed E-state index contributed by atoms with van der Waals surface area (Å²) in [5, 5.41) is 3.82. The van der Waals surface area contributed by atoms with Crippen LogP contribution in [0.25, 0.3) is 0 Å². The van der Waals surface area contributed by atoms with Crippen LogP contribution in [0.3, 0.4) is 0 Å². The minimum absolute atomic E-state index is 0.604. The average molecular weight is 226 g/mol. The summed E-state index contributed by atoms with van der Waals surface area (Å²) in [5.74, 6) is 0.886. The van der Waals surface area contributed by atoms with Crippen LogP contribution in [0.15, 0.2) is 0 Å². The molecule has 0 radical (unpaired) electrons. The van der Waals surface area contributed by atoms with Crippen LogP contribution in [0, 0.1) is 5.92 Å². The fourth-order valence-electron chi connectivity index (χ4n) is 2.78. The summed E-state index contributed by atoms with van der Waals surface area (Å²) < 4.78 is 5.32. The van der Waals surface area contributed by atoms with Crippen molar-refractivity contribution in [1.82, 2.24) is 10.2 Å². The number of hydrogen-bond acceptors (Lipinski definition) is 3. The Kier molecular flexibility index (Phi) is 4.62. The third kappa shape index (κ3) is 3.44. The number of likely N-dealkylation sites (N-methyl/N-ethyl adjacent to an activating group) is 1. The number of nitrogens with zero attached hydrogens (tertiary/aromatic N) is 1. The largest absolute Gasteiger partial charge is 0.383 e. The molecule has 0 aromatic carbocycles. The summed E-state index contributed by atoms with van der Waals surface area (Å²) in [4.78, 5) is 2.55. The van der Waals surface area contributed by atoms with Crippen molar-refractivity contribution in [2.45, 2.75) is 44.7 Å². The summed E-state index contributed by atoms with van der Waals surface area (Å²) in [7, 11) is 1.82. The number of piperidine rings is 1. The molecule has 1 heterocycles. The van der Waals surface area contributed by atoms with E-state index in [-0.39, 0.29) is 0 Å². The molecule has 2 fully saturated rings. The van der Waals surface area contributed by atoms with Crippen LogP contribution in [0.2, 0.25) is 0 Å². The van der Waals surface area contributed by atoms with Gasteiger partial charge in [0, 0.05) is 25.7 Å². The van der Waals surface area contributed by atoms with Gasteiger partial charge >= 0.3 is 0 Å². The first kappa shape index (κ1) is 12.3. The number of nitrogens with one attached hydrogen (secondary N) is 1. The zero-order valence-corrected chi connectivity index (χ0v) is 10.7. The van der Waals surface area contributed by atoms with Crippen LogP contribution in [-0.2, 0) is 4.74 Å². The van der Waals surface area contributed by atoms with Crippen LogP contribution < -0.4 is 5.32 Å². The first-order chi connectivity index (χ1) is 7.83. The lowest BCUT2D eigenvalue weighted by atomic mass is 10.0. The van der Waals surface area contributed by atoms with Crippen molar-refractivity contribution in [2.75, 3.05) is 33.4 Å². The van der Waals surface area contributed by atoms with Crippen molar-refractivity contribution < 1.29 is 4.74 Å². The van der Waals surface area contributed by atoms with E-state index in [4.69, 9.17) is 4.74 Å². The molecule has 3 heteroatoms. The first-order valence-electron chi connectivity index (χ1n) is 6.80. The second kappa shape index (κ2) is 5.99. The molecule has 0 bridgehead atoms. The van der Waals surface area contributed by atoms with Gasteiger partial charge in [0.2, 0.25) is 0 Å². The van der Waals surface area contributed by atoms with Crippen LogP contribution in [-0.4, -0.2) is 50.3 Å². The van der Waals surface area contributed by atoms with E-state index in [1.807, 2.05) is 7.11 Å². The van der Waals surface area contributed by atoms with E-state index in [1.165, 1.54) is 45.3 Å². The van der Waals surface area contributed by atoms with Gasteiger partial charge in [0.05, 0.1) is 6.61 Å². The van der Waals surface area contributed by atoms with Gasteiger partial charge in [-0.25, -0.2) is 0 Å². The molecule has 0 amide bonds. The Morgan fingerprint density at radius 2 is 2.19 bits per heavy atom. The molecule has 0 aromatic rings. The summed E-state index contributed by atoms with van der Waals surface area (Å²) in [6.07, 6.45) is 5.47. The lowest BCUT2D eigenvalue weighted by molar-refractivity contribution is 0.131. The van der Waals surface area contributed by atoms with Crippen molar-refractivity contribution in [2.24, 2.45) is 5.92 Å². The minimum atomic E-state index is 0.604. The summed E-state index contributed by atoms with van der Waals surface area (Å²) in [6.45, 7) is 6.84. The minimum Gasteiger partial charge on any atom is -0.383 e. The lowest BCUT2D eigenvalue weighted by Gasteiger charge is -2.34. The Labute approximate surface area is 99.5 Å². The molecular formula is C13H26N2O.